The summed E-state index contributed by atoms with van der Waals surface area (Å²) >= 11 is 0. The van der Waals surface area contributed by atoms with Gasteiger partial charge in [0.15, 0.2) is 11.5 Å². The number of ketones is 2. The number of benzene rings is 2. The average molecular weight is 312 g/mol. The third kappa shape index (κ3) is 3.29. The van der Waals surface area contributed by atoms with E-state index in [0.29, 0.717) is 22.6 Å². The van der Waals surface area contributed by atoms with E-state index in [9.17, 15) is 14.0 Å². The molecular formula is C18H13FO4. The highest BCUT2D eigenvalue weighted by molar-refractivity contribution is 6.14. The predicted molar refractivity (Wildman–Crippen MR) is 82.0 cm³/mol. The van der Waals surface area contributed by atoms with Crippen molar-refractivity contribution in [1.29, 1.82) is 0 Å². The van der Waals surface area contributed by atoms with Gasteiger partial charge in [-0.25, -0.2) is 4.39 Å². The van der Waals surface area contributed by atoms with Gasteiger partial charge in [0.2, 0.25) is 5.78 Å². The minimum Gasteiger partial charge on any atom is -0.486 e. The maximum Gasteiger partial charge on any atom is 0.231 e. The number of allylic oxidation sites excluding steroid dienone is 1. The summed E-state index contributed by atoms with van der Waals surface area (Å²) in [6.45, 7) is 1.39. The van der Waals surface area contributed by atoms with Crippen LogP contribution in [-0.4, -0.2) is 18.2 Å². The van der Waals surface area contributed by atoms with Crippen molar-refractivity contribution in [3.63, 3.8) is 0 Å². The molecule has 1 aliphatic rings. The SMILES string of the molecule is CC(=O)COc1ccc2c(c1)O/C(=C\c1ccc(F)cc1)C2=O. The first kappa shape index (κ1) is 15.0. The number of carbonyl (C=O) groups is 2. The van der Waals surface area contributed by atoms with Gasteiger partial charge in [-0.15, -0.1) is 0 Å². The summed E-state index contributed by atoms with van der Waals surface area (Å²) in [4.78, 5) is 23.2. The molecule has 0 radical (unpaired) electrons. The molecule has 3 rings (SSSR count). The summed E-state index contributed by atoms with van der Waals surface area (Å²) in [5, 5.41) is 0. The van der Waals surface area contributed by atoms with Crippen molar-refractivity contribution in [2.75, 3.05) is 6.61 Å². The van der Waals surface area contributed by atoms with Gasteiger partial charge in [-0.2, -0.15) is 0 Å². The molecule has 0 N–H and O–H groups in total. The highest BCUT2D eigenvalue weighted by atomic mass is 19.1. The van der Waals surface area contributed by atoms with E-state index in [0.717, 1.165) is 0 Å². The van der Waals surface area contributed by atoms with Crippen molar-refractivity contribution < 1.29 is 23.5 Å². The van der Waals surface area contributed by atoms with Crippen LogP contribution in [0, 0.1) is 5.82 Å². The zero-order chi connectivity index (χ0) is 16.4. The normalized spacial score (nSPS) is 14.5. The number of carbonyl (C=O) groups excluding carboxylic acids is 2. The van der Waals surface area contributed by atoms with Gasteiger partial charge < -0.3 is 9.47 Å². The molecule has 0 aromatic heterocycles. The van der Waals surface area contributed by atoms with Gasteiger partial charge in [0, 0.05) is 6.07 Å². The number of Topliss-reactive ketones (excluding diaryl/α,β-unsaturated/α-hetero) is 2. The maximum absolute atomic E-state index is 12.9. The molecular weight excluding hydrogens is 299 g/mol. The van der Waals surface area contributed by atoms with E-state index in [-0.39, 0.29) is 29.7 Å². The summed E-state index contributed by atoms with van der Waals surface area (Å²) in [6.07, 6.45) is 1.55. The van der Waals surface area contributed by atoms with E-state index in [4.69, 9.17) is 9.47 Å². The first-order valence-electron chi connectivity index (χ1n) is 6.99. The lowest BCUT2D eigenvalue weighted by Gasteiger charge is -2.04. The lowest BCUT2D eigenvalue weighted by molar-refractivity contribution is -0.118. The Morgan fingerprint density at radius 1 is 1.22 bits per heavy atom. The fourth-order valence-corrected chi connectivity index (χ4v) is 2.15. The van der Waals surface area contributed by atoms with E-state index in [1.165, 1.54) is 19.1 Å². The first-order valence-corrected chi connectivity index (χ1v) is 6.99. The minimum absolute atomic E-state index is 0.0367. The van der Waals surface area contributed by atoms with Gasteiger partial charge in [-0.05, 0) is 42.8 Å². The molecule has 5 heteroatoms. The third-order valence-corrected chi connectivity index (χ3v) is 3.25. The number of rotatable bonds is 4. The van der Waals surface area contributed by atoms with Gasteiger partial charge in [0.05, 0.1) is 5.56 Å². The standard InChI is InChI=1S/C18H13FO4/c1-11(20)10-22-14-6-7-15-16(9-14)23-17(18(15)21)8-12-2-4-13(19)5-3-12/h2-9H,10H2,1H3/b17-8-. The first-order chi connectivity index (χ1) is 11.0. The van der Waals surface area contributed by atoms with Crippen molar-refractivity contribution in [2.24, 2.45) is 0 Å². The molecule has 0 fully saturated rings. The van der Waals surface area contributed by atoms with E-state index in [2.05, 4.69) is 0 Å². The largest absolute Gasteiger partial charge is 0.486 e. The maximum atomic E-state index is 12.9. The van der Waals surface area contributed by atoms with E-state index in [1.807, 2.05) is 0 Å². The fraction of sp³-hybridized carbons (Fsp3) is 0.111. The van der Waals surface area contributed by atoms with Crippen LogP contribution in [0.2, 0.25) is 0 Å². The number of hydrogen-bond acceptors (Lipinski definition) is 4. The molecule has 0 saturated heterocycles. The molecule has 0 saturated carbocycles. The van der Waals surface area contributed by atoms with Crippen LogP contribution in [0.1, 0.15) is 22.8 Å². The quantitative estimate of drug-likeness (QED) is 0.812. The second kappa shape index (κ2) is 6.04. The smallest absolute Gasteiger partial charge is 0.231 e. The van der Waals surface area contributed by atoms with Crippen LogP contribution < -0.4 is 9.47 Å². The van der Waals surface area contributed by atoms with E-state index in [1.54, 1.807) is 36.4 Å². The number of hydrogen-bond donors (Lipinski definition) is 0. The molecule has 1 aliphatic heterocycles. The Kier molecular flexibility index (Phi) is 3.93. The van der Waals surface area contributed by atoms with Gasteiger partial charge in [-0.1, -0.05) is 12.1 Å². The van der Waals surface area contributed by atoms with Crippen molar-refractivity contribution in [3.8, 4) is 11.5 Å². The summed E-state index contributed by atoms with van der Waals surface area (Å²) < 4.78 is 23.8. The monoisotopic (exact) mass is 312 g/mol. The van der Waals surface area contributed by atoms with Crippen molar-refractivity contribution in [3.05, 3.63) is 65.2 Å². The number of halogens is 1. The fourth-order valence-electron chi connectivity index (χ4n) is 2.15. The molecule has 2 aromatic carbocycles. The van der Waals surface area contributed by atoms with Crippen molar-refractivity contribution >= 4 is 17.6 Å². The van der Waals surface area contributed by atoms with Crippen molar-refractivity contribution in [1.82, 2.24) is 0 Å². The van der Waals surface area contributed by atoms with E-state index >= 15 is 0 Å². The van der Waals surface area contributed by atoms with Crippen LogP contribution in [0.25, 0.3) is 6.08 Å². The highest BCUT2D eigenvalue weighted by Crippen LogP contribution is 2.34. The Morgan fingerprint density at radius 3 is 2.65 bits per heavy atom. The molecule has 1 heterocycles. The van der Waals surface area contributed by atoms with E-state index < -0.39 is 0 Å². The van der Waals surface area contributed by atoms with Gasteiger partial charge in [-0.3, -0.25) is 9.59 Å². The molecule has 0 aliphatic carbocycles. The van der Waals surface area contributed by atoms with Crippen molar-refractivity contribution in [2.45, 2.75) is 6.92 Å². The molecule has 4 nitrogen and oxygen atoms in total. The summed E-state index contributed by atoms with van der Waals surface area (Å²) in [5.74, 6) is 0.303. The molecule has 0 amide bonds. The summed E-state index contributed by atoms with van der Waals surface area (Å²) in [7, 11) is 0. The van der Waals surface area contributed by atoms with Crippen LogP contribution in [0.5, 0.6) is 11.5 Å². The summed E-state index contributed by atoms with van der Waals surface area (Å²) in [5.41, 5.74) is 1.09. The second-order valence-electron chi connectivity index (χ2n) is 5.14. The molecule has 0 unspecified atom stereocenters. The van der Waals surface area contributed by atoms with Gasteiger partial charge in [0.25, 0.3) is 0 Å². The highest BCUT2D eigenvalue weighted by Gasteiger charge is 2.27. The summed E-state index contributed by atoms with van der Waals surface area (Å²) in [6, 6.07) is 10.5. The third-order valence-electron chi connectivity index (χ3n) is 3.25. The predicted octanol–water partition coefficient (Wildman–Crippen LogP) is 3.41. The molecule has 0 bridgehead atoms. The minimum atomic E-state index is -0.346. The Bertz CT molecular complexity index is 806. The molecule has 116 valence electrons. The Morgan fingerprint density at radius 2 is 1.96 bits per heavy atom. The number of ether oxygens (including phenoxy) is 2. The lowest BCUT2D eigenvalue weighted by Crippen LogP contribution is -2.06. The van der Waals surface area contributed by atoms with Crippen LogP contribution in [-0.2, 0) is 4.79 Å². The Labute approximate surface area is 132 Å². The Balaban J connectivity index is 1.83. The van der Waals surface area contributed by atoms with Gasteiger partial charge >= 0.3 is 0 Å². The van der Waals surface area contributed by atoms with Crippen LogP contribution >= 0.6 is 0 Å². The molecule has 0 spiro atoms. The average Bonchev–Trinajstić information content (AvgIpc) is 2.83. The van der Waals surface area contributed by atoms with Gasteiger partial charge in [0.1, 0.15) is 23.9 Å². The molecule has 23 heavy (non-hydrogen) atoms. The van der Waals surface area contributed by atoms with Crippen LogP contribution in [0.4, 0.5) is 4.39 Å². The molecule has 2 aromatic rings. The Hall–Kier alpha value is -2.95. The zero-order valence-corrected chi connectivity index (χ0v) is 12.3. The zero-order valence-electron chi connectivity index (χ0n) is 12.3. The topological polar surface area (TPSA) is 52.6 Å². The second-order valence-corrected chi connectivity index (χ2v) is 5.14. The van der Waals surface area contributed by atoms with Crippen LogP contribution in [0.15, 0.2) is 48.2 Å². The lowest BCUT2D eigenvalue weighted by atomic mass is 10.1. The molecule has 0 atom stereocenters. The van der Waals surface area contributed by atoms with Crippen LogP contribution in [0.3, 0.4) is 0 Å². The number of fused-ring (bicyclic) bond motifs is 1.